The number of hydrogen-bond donors (Lipinski definition) is 2. The van der Waals surface area contributed by atoms with Crippen molar-refractivity contribution < 1.29 is 9.84 Å². The van der Waals surface area contributed by atoms with E-state index in [1.54, 1.807) is 6.07 Å². The number of hydrogen-bond acceptors (Lipinski definition) is 5. The largest absolute Gasteiger partial charge is 0.507 e. The number of aromatic hydroxyl groups is 1. The van der Waals surface area contributed by atoms with Gasteiger partial charge in [-0.2, -0.15) is 0 Å². The lowest BCUT2D eigenvalue weighted by Gasteiger charge is -2.46. The molecule has 1 aliphatic heterocycles. The maximum atomic E-state index is 10.4. The molecule has 2 N–H and O–H groups in total. The van der Waals surface area contributed by atoms with E-state index in [0.717, 1.165) is 23.6 Å². The predicted molar refractivity (Wildman–Crippen MR) is 112 cm³/mol. The van der Waals surface area contributed by atoms with Crippen LogP contribution in [-0.2, 0) is 0 Å². The van der Waals surface area contributed by atoms with Gasteiger partial charge in [-0.1, -0.05) is 24.3 Å². The first kappa shape index (κ1) is 18.7. The number of piperidine rings is 1. The lowest BCUT2D eigenvalue weighted by Crippen LogP contribution is -2.60. The number of phenols is 1. The normalized spacial score (nSPS) is 18.9. The SMILES string of the molecule is CC1(C)CC(Oc2ccc(-c3cc4ccccc4cc3O)nn2)CC(C)(C)N1. The summed E-state index contributed by atoms with van der Waals surface area (Å²) >= 11 is 0. The smallest absolute Gasteiger partial charge is 0.233 e. The van der Waals surface area contributed by atoms with Crippen LogP contribution >= 0.6 is 0 Å². The quantitative estimate of drug-likeness (QED) is 0.693. The van der Waals surface area contributed by atoms with Crippen LogP contribution in [0.3, 0.4) is 0 Å². The second-order valence-electron chi connectivity index (χ2n) is 9.01. The maximum Gasteiger partial charge on any atom is 0.233 e. The second kappa shape index (κ2) is 6.74. The highest BCUT2D eigenvalue weighted by molar-refractivity contribution is 5.89. The highest BCUT2D eigenvalue weighted by atomic mass is 16.5. The summed E-state index contributed by atoms with van der Waals surface area (Å²) in [6, 6.07) is 15.3. The zero-order valence-electron chi connectivity index (χ0n) is 16.9. The van der Waals surface area contributed by atoms with Crippen LogP contribution in [0.2, 0.25) is 0 Å². The third-order valence-electron chi connectivity index (χ3n) is 5.22. The average molecular weight is 377 g/mol. The monoisotopic (exact) mass is 377 g/mol. The van der Waals surface area contributed by atoms with Gasteiger partial charge in [-0.15, -0.1) is 10.2 Å². The number of phenolic OH excluding ortho intramolecular Hbond substituents is 1. The Labute approximate surface area is 165 Å². The van der Waals surface area contributed by atoms with Gasteiger partial charge in [-0.05, 0) is 56.7 Å². The summed E-state index contributed by atoms with van der Waals surface area (Å²) in [6.07, 6.45) is 1.90. The Bertz CT molecular complexity index is 980. The molecule has 1 aromatic heterocycles. The molecule has 1 aliphatic rings. The van der Waals surface area contributed by atoms with Gasteiger partial charge in [0.05, 0.1) is 5.69 Å². The molecular formula is C23H27N3O2. The molecule has 1 saturated heterocycles. The van der Waals surface area contributed by atoms with Gasteiger partial charge >= 0.3 is 0 Å². The summed E-state index contributed by atoms with van der Waals surface area (Å²) in [6.45, 7) is 8.78. The molecule has 0 aliphatic carbocycles. The third-order valence-corrected chi connectivity index (χ3v) is 5.22. The second-order valence-corrected chi connectivity index (χ2v) is 9.01. The van der Waals surface area contributed by atoms with Crippen LogP contribution in [0, 0.1) is 0 Å². The van der Waals surface area contributed by atoms with Crippen molar-refractivity contribution >= 4 is 10.8 Å². The van der Waals surface area contributed by atoms with Crippen LogP contribution in [0.25, 0.3) is 22.0 Å². The van der Waals surface area contributed by atoms with Gasteiger partial charge in [-0.25, -0.2) is 0 Å². The maximum absolute atomic E-state index is 10.4. The highest BCUT2D eigenvalue weighted by Gasteiger charge is 2.38. The van der Waals surface area contributed by atoms with E-state index in [9.17, 15) is 5.11 Å². The van der Waals surface area contributed by atoms with E-state index in [1.807, 2.05) is 42.5 Å². The molecule has 146 valence electrons. The van der Waals surface area contributed by atoms with Crippen LogP contribution in [0.4, 0.5) is 0 Å². The van der Waals surface area contributed by atoms with Gasteiger partial charge < -0.3 is 15.2 Å². The predicted octanol–water partition coefficient (Wildman–Crippen LogP) is 4.69. The summed E-state index contributed by atoms with van der Waals surface area (Å²) < 4.78 is 6.14. The lowest BCUT2D eigenvalue weighted by molar-refractivity contribution is 0.0524. The lowest BCUT2D eigenvalue weighted by atomic mass is 9.81. The molecule has 0 atom stereocenters. The van der Waals surface area contributed by atoms with E-state index in [0.29, 0.717) is 17.1 Å². The minimum atomic E-state index is 0.0106. The minimum absolute atomic E-state index is 0.0106. The summed E-state index contributed by atoms with van der Waals surface area (Å²) in [4.78, 5) is 0. The Morgan fingerprint density at radius 3 is 2.18 bits per heavy atom. The summed E-state index contributed by atoms with van der Waals surface area (Å²) in [5.74, 6) is 0.714. The van der Waals surface area contributed by atoms with Crippen LogP contribution in [0.15, 0.2) is 48.5 Å². The number of fused-ring (bicyclic) bond motifs is 1. The summed E-state index contributed by atoms with van der Waals surface area (Å²) in [5, 5.41) is 24.7. The fourth-order valence-corrected chi connectivity index (χ4v) is 4.44. The van der Waals surface area contributed by atoms with Crippen LogP contribution in [0.1, 0.15) is 40.5 Å². The molecule has 2 heterocycles. The zero-order chi connectivity index (χ0) is 19.9. The van der Waals surface area contributed by atoms with Crippen molar-refractivity contribution in [3.63, 3.8) is 0 Å². The van der Waals surface area contributed by atoms with Gasteiger partial charge in [0.1, 0.15) is 11.9 Å². The first-order valence-electron chi connectivity index (χ1n) is 9.73. The van der Waals surface area contributed by atoms with Crippen molar-refractivity contribution in [2.24, 2.45) is 0 Å². The molecule has 4 rings (SSSR count). The van der Waals surface area contributed by atoms with Gasteiger partial charge in [0.25, 0.3) is 0 Å². The first-order chi connectivity index (χ1) is 13.2. The van der Waals surface area contributed by atoms with E-state index in [1.165, 1.54) is 0 Å². The van der Waals surface area contributed by atoms with Gasteiger partial charge in [0, 0.05) is 35.5 Å². The highest BCUT2D eigenvalue weighted by Crippen LogP contribution is 2.33. The number of nitrogens with zero attached hydrogens (tertiary/aromatic N) is 2. The standard InChI is InChI=1S/C23H27N3O2/c1-22(2)13-17(14-23(3,4)26-22)28-21-10-9-19(24-25-21)18-11-15-7-5-6-8-16(15)12-20(18)27/h5-12,17,26-27H,13-14H2,1-4H3. The molecule has 5 heteroatoms. The van der Waals surface area contributed by atoms with Crippen molar-refractivity contribution in [1.82, 2.24) is 15.5 Å². The molecule has 5 nitrogen and oxygen atoms in total. The molecule has 0 spiro atoms. The topological polar surface area (TPSA) is 67.3 Å². The molecule has 2 aromatic carbocycles. The van der Waals surface area contributed by atoms with E-state index in [4.69, 9.17) is 4.74 Å². The Hall–Kier alpha value is -2.66. The number of benzene rings is 2. The molecule has 1 fully saturated rings. The van der Waals surface area contributed by atoms with Gasteiger partial charge in [-0.3, -0.25) is 0 Å². The Kier molecular flexibility index (Phi) is 4.50. The average Bonchev–Trinajstić information content (AvgIpc) is 2.59. The number of ether oxygens (including phenoxy) is 1. The molecule has 0 saturated carbocycles. The van der Waals surface area contributed by atoms with E-state index >= 15 is 0 Å². The fraction of sp³-hybridized carbons (Fsp3) is 0.391. The van der Waals surface area contributed by atoms with Crippen molar-refractivity contribution in [3.05, 3.63) is 48.5 Å². The minimum Gasteiger partial charge on any atom is -0.507 e. The first-order valence-corrected chi connectivity index (χ1v) is 9.73. The van der Waals surface area contributed by atoms with Gasteiger partial charge in [0.2, 0.25) is 5.88 Å². The molecule has 0 bridgehead atoms. The summed E-state index contributed by atoms with van der Waals surface area (Å²) in [7, 11) is 0. The van der Waals surface area contributed by atoms with Crippen LogP contribution in [-0.4, -0.2) is 32.5 Å². The Balaban J connectivity index is 1.55. The molecule has 0 radical (unpaired) electrons. The molecule has 28 heavy (non-hydrogen) atoms. The summed E-state index contributed by atoms with van der Waals surface area (Å²) in [5.41, 5.74) is 1.32. The molecule has 0 unspecified atom stereocenters. The molecular weight excluding hydrogens is 350 g/mol. The third kappa shape index (κ3) is 3.94. The van der Waals surface area contributed by atoms with Crippen molar-refractivity contribution in [3.8, 4) is 22.9 Å². The zero-order valence-corrected chi connectivity index (χ0v) is 16.9. The van der Waals surface area contributed by atoms with E-state index < -0.39 is 0 Å². The number of aromatic nitrogens is 2. The van der Waals surface area contributed by atoms with Gasteiger partial charge in [0.15, 0.2) is 0 Å². The molecule has 0 amide bonds. The van der Waals surface area contributed by atoms with Crippen LogP contribution in [0.5, 0.6) is 11.6 Å². The number of rotatable bonds is 3. The van der Waals surface area contributed by atoms with E-state index in [-0.39, 0.29) is 22.9 Å². The van der Waals surface area contributed by atoms with Crippen LogP contribution < -0.4 is 10.1 Å². The van der Waals surface area contributed by atoms with Crippen molar-refractivity contribution in [2.75, 3.05) is 0 Å². The Morgan fingerprint density at radius 2 is 1.57 bits per heavy atom. The van der Waals surface area contributed by atoms with E-state index in [2.05, 4.69) is 43.2 Å². The fourth-order valence-electron chi connectivity index (χ4n) is 4.44. The van der Waals surface area contributed by atoms with Crippen molar-refractivity contribution in [2.45, 2.75) is 57.7 Å². The molecule has 3 aromatic rings. The Morgan fingerprint density at radius 1 is 0.929 bits per heavy atom. The number of nitrogens with one attached hydrogen (secondary N) is 1. The van der Waals surface area contributed by atoms with Crippen molar-refractivity contribution in [1.29, 1.82) is 0 Å².